The molecule has 9 aromatic carbocycles. The molecule has 2 aliphatic carbocycles. The molecular formula is C58H39NOS. The second kappa shape index (κ2) is 12.7. The summed E-state index contributed by atoms with van der Waals surface area (Å²) in [4.78, 5) is 2.44. The second-order valence-corrected chi connectivity index (χ2v) is 18.3. The quantitative estimate of drug-likeness (QED) is 0.176. The molecule has 2 nitrogen and oxygen atoms in total. The molecule has 0 radical (unpaired) electrons. The van der Waals surface area contributed by atoms with Crippen LogP contribution in [0.25, 0.3) is 64.4 Å². The van der Waals surface area contributed by atoms with Crippen LogP contribution >= 0.6 is 11.3 Å². The Hall–Kier alpha value is -7.20. The van der Waals surface area contributed by atoms with E-state index in [1.54, 1.807) is 0 Å². The van der Waals surface area contributed by atoms with Crippen molar-refractivity contribution in [2.24, 2.45) is 0 Å². The summed E-state index contributed by atoms with van der Waals surface area (Å²) >= 11 is 1.87. The number of hydrogen-bond acceptors (Lipinski definition) is 3. The topological polar surface area (TPSA) is 16.4 Å². The van der Waals surface area contributed by atoms with Gasteiger partial charge in [-0.3, -0.25) is 0 Å². The SMILES string of the molecule is CC1(C)c2ccccc2C2(c3ccccc3-c3ccc(N(c4ccc(-c5cccc6sc7ccccc7c56)cc4)c4ccc5oc6ccccc6c5c4)cc32)c2ccccc21. The lowest BCUT2D eigenvalue weighted by Crippen LogP contribution is -2.40. The predicted molar refractivity (Wildman–Crippen MR) is 256 cm³/mol. The summed E-state index contributed by atoms with van der Waals surface area (Å²) in [6.45, 7) is 4.77. The van der Waals surface area contributed by atoms with Gasteiger partial charge in [0.25, 0.3) is 0 Å². The molecule has 0 aliphatic heterocycles. The van der Waals surface area contributed by atoms with Gasteiger partial charge in [0.1, 0.15) is 11.2 Å². The van der Waals surface area contributed by atoms with E-state index in [0.717, 1.165) is 39.0 Å². The van der Waals surface area contributed by atoms with Gasteiger partial charge in [-0.2, -0.15) is 0 Å². The average molecular weight is 798 g/mol. The first-order chi connectivity index (χ1) is 30.0. The number of rotatable bonds is 4. The Balaban J connectivity index is 1.05. The fraction of sp³-hybridized carbons (Fsp3) is 0.0690. The van der Waals surface area contributed by atoms with Gasteiger partial charge >= 0.3 is 0 Å². The van der Waals surface area contributed by atoms with Gasteiger partial charge in [-0.1, -0.05) is 153 Å². The lowest BCUT2D eigenvalue weighted by Gasteiger charge is -2.46. The third-order valence-electron chi connectivity index (χ3n) is 13.8. The molecule has 0 bridgehead atoms. The first-order valence-electron chi connectivity index (χ1n) is 21.2. The summed E-state index contributed by atoms with van der Waals surface area (Å²) in [7, 11) is 0. The van der Waals surface area contributed by atoms with Crippen LogP contribution in [0.5, 0.6) is 0 Å². The molecule has 1 spiro atoms. The van der Waals surface area contributed by atoms with E-state index >= 15 is 0 Å². The third kappa shape index (κ3) is 4.73. The highest BCUT2D eigenvalue weighted by Gasteiger charge is 2.53. The number of fused-ring (bicyclic) bond motifs is 15. The number of furan rings is 1. The van der Waals surface area contributed by atoms with Gasteiger partial charge in [-0.05, 0) is 116 Å². The van der Waals surface area contributed by atoms with Crippen molar-refractivity contribution in [1.82, 2.24) is 0 Å². The Morgan fingerprint density at radius 1 is 0.393 bits per heavy atom. The Morgan fingerprint density at radius 3 is 1.74 bits per heavy atom. The van der Waals surface area contributed by atoms with E-state index in [4.69, 9.17) is 4.42 Å². The maximum Gasteiger partial charge on any atom is 0.135 e. The van der Waals surface area contributed by atoms with Crippen molar-refractivity contribution >= 4 is 70.5 Å². The van der Waals surface area contributed by atoms with E-state index in [1.807, 2.05) is 17.4 Å². The van der Waals surface area contributed by atoms with Crippen LogP contribution in [0.4, 0.5) is 17.1 Å². The molecule has 0 amide bonds. The minimum absolute atomic E-state index is 0.163. The van der Waals surface area contributed by atoms with Gasteiger partial charge in [0.2, 0.25) is 0 Å². The molecule has 0 atom stereocenters. The predicted octanol–water partition coefficient (Wildman–Crippen LogP) is 16.1. The normalized spacial score (nSPS) is 14.3. The Morgan fingerprint density at radius 2 is 0.951 bits per heavy atom. The summed E-state index contributed by atoms with van der Waals surface area (Å²) in [6.07, 6.45) is 0. The van der Waals surface area contributed by atoms with Crippen LogP contribution in [-0.4, -0.2) is 0 Å². The minimum atomic E-state index is -0.493. The van der Waals surface area contributed by atoms with Crippen LogP contribution in [-0.2, 0) is 10.8 Å². The summed E-state index contributed by atoms with van der Waals surface area (Å²) in [5.74, 6) is 0. The summed E-state index contributed by atoms with van der Waals surface area (Å²) in [5.41, 5.74) is 17.6. The monoisotopic (exact) mass is 797 g/mol. The second-order valence-electron chi connectivity index (χ2n) is 17.2. The molecule has 0 N–H and O–H groups in total. The Labute approximate surface area is 358 Å². The number of para-hydroxylation sites is 1. The number of anilines is 3. The van der Waals surface area contributed by atoms with Crippen LogP contribution in [0.1, 0.15) is 47.2 Å². The van der Waals surface area contributed by atoms with E-state index in [9.17, 15) is 0 Å². The smallest absolute Gasteiger partial charge is 0.135 e. The zero-order valence-corrected chi connectivity index (χ0v) is 34.6. The molecule has 13 rings (SSSR count). The van der Waals surface area contributed by atoms with E-state index in [0.29, 0.717) is 0 Å². The van der Waals surface area contributed by atoms with Gasteiger partial charge in [-0.15, -0.1) is 11.3 Å². The molecule has 0 unspecified atom stereocenters. The fourth-order valence-electron chi connectivity index (χ4n) is 11.1. The maximum atomic E-state index is 6.36. The summed E-state index contributed by atoms with van der Waals surface area (Å²) in [5, 5.41) is 4.86. The van der Waals surface area contributed by atoms with Crippen LogP contribution < -0.4 is 4.90 Å². The molecule has 2 aromatic heterocycles. The number of thiophene rings is 1. The number of nitrogens with zero attached hydrogens (tertiary/aromatic N) is 1. The van der Waals surface area contributed by atoms with E-state index < -0.39 is 5.41 Å². The minimum Gasteiger partial charge on any atom is -0.456 e. The van der Waals surface area contributed by atoms with E-state index in [-0.39, 0.29) is 5.41 Å². The van der Waals surface area contributed by atoms with Gasteiger partial charge in [0, 0.05) is 53.4 Å². The van der Waals surface area contributed by atoms with Crippen LogP contribution in [0.15, 0.2) is 205 Å². The van der Waals surface area contributed by atoms with Crippen LogP contribution in [0, 0.1) is 0 Å². The zero-order valence-electron chi connectivity index (χ0n) is 33.8. The van der Waals surface area contributed by atoms with Crippen molar-refractivity contribution in [3.8, 4) is 22.3 Å². The number of hydrogen-bond donors (Lipinski definition) is 0. The van der Waals surface area contributed by atoms with Gasteiger partial charge in [-0.25, -0.2) is 0 Å². The van der Waals surface area contributed by atoms with E-state index in [2.05, 4.69) is 213 Å². The molecule has 0 fully saturated rings. The lowest BCUT2D eigenvalue weighted by atomic mass is 9.55. The molecule has 11 aromatic rings. The van der Waals surface area contributed by atoms with Gasteiger partial charge in [0.05, 0.1) is 5.41 Å². The van der Waals surface area contributed by atoms with Crippen molar-refractivity contribution in [1.29, 1.82) is 0 Å². The van der Waals surface area contributed by atoms with Crippen LogP contribution in [0.3, 0.4) is 0 Å². The molecule has 2 heterocycles. The van der Waals surface area contributed by atoms with Crippen molar-refractivity contribution in [2.45, 2.75) is 24.7 Å². The molecule has 288 valence electrons. The van der Waals surface area contributed by atoms with Crippen molar-refractivity contribution < 1.29 is 4.42 Å². The maximum absolute atomic E-state index is 6.36. The molecule has 2 aliphatic rings. The number of benzene rings is 9. The molecule has 61 heavy (non-hydrogen) atoms. The summed E-state index contributed by atoms with van der Waals surface area (Å²) in [6, 6.07) is 74.3. The highest BCUT2D eigenvalue weighted by molar-refractivity contribution is 7.25. The Bertz CT molecular complexity index is 3540. The van der Waals surface area contributed by atoms with Crippen molar-refractivity contribution in [3.63, 3.8) is 0 Å². The average Bonchev–Trinajstić information content (AvgIpc) is 3.97. The van der Waals surface area contributed by atoms with Crippen molar-refractivity contribution in [3.05, 3.63) is 234 Å². The first-order valence-corrected chi connectivity index (χ1v) is 22.0. The standard InChI is InChI=1S/C58H39NOS/c1-57(2)47-19-7-9-21-49(47)58(50-22-10-8-20-48(50)57)46-18-6-3-14-41(46)42-32-30-39(35-51(42)58)59(38-31-33-53-45(34-38)43-15-4-11-23-52(43)60-53)37-28-26-36(27-29-37)40-17-13-25-55-56(40)44-16-5-12-24-54(44)61-55/h3-35H,1-2H3. The highest BCUT2D eigenvalue weighted by atomic mass is 32.1. The molecular weight excluding hydrogens is 759 g/mol. The highest BCUT2D eigenvalue weighted by Crippen LogP contribution is 2.62. The molecule has 3 heteroatoms. The van der Waals surface area contributed by atoms with E-state index in [1.165, 1.54) is 75.8 Å². The molecule has 0 saturated carbocycles. The summed E-state index contributed by atoms with van der Waals surface area (Å²) < 4.78 is 8.99. The largest absolute Gasteiger partial charge is 0.456 e. The first kappa shape index (κ1) is 34.6. The third-order valence-corrected chi connectivity index (χ3v) is 14.9. The molecule has 0 saturated heterocycles. The zero-order chi connectivity index (χ0) is 40.5. The van der Waals surface area contributed by atoms with Crippen LogP contribution in [0.2, 0.25) is 0 Å². The van der Waals surface area contributed by atoms with Gasteiger partial charge < -0.3 is 9.32 Å². The van der Waals surface area contributed by atoms with Crippen molar-refractivity contribution in [2.75, 3.05) is 4.90 Å². The van der Waals surface area contributed by atoms with Gasteiger partial charge in [0.15, 0.2) is 0 Å². The lowest BCUT2D eigenvalue weighted by molar-refractivity contribution is 0.563. The fourth-order valence-corrected chi connectivity index (χ4v) is 12.2. The Kier molecular flexibility index (Phi) is 7.19.